The molecule has 0 fully saturated rings. The fraction of sp³-hybridized carbons (Fsp3) is 0.316. The molecule has 27 heavy (non-hydrogen) atoms. The Hall–Kier alpha value is -2.87. The first-order valence-electron chi connectivity index (χ1n) is 8.74. The number of ether oxygens (including phenoxy) is 2. The van der Waals surface area contributed by atoms with Crippen LogP contribution in [0, 0.1) is 0 Å². The molecule has 1 unspecified atom stereocenters. The average Bonchev–Trinajstić information content (AvgIpc) is 3.17. The Morgan fingerprint density at radius 3 is 2.96 bits per heavy atom. The van der Waals surface area contributed by atoms with Gasteiger partial charge in [0.2, 0.25) is 5.91 Å². The second kappa shape index (κ2) is 7.40. The molecule has 0 saturated heterocycles. The normalized spacial score (nSPS) is 15.7. The molecule has 140 valence electrons. The number of amides is 1. The quantitative estimate of drug-likeness (QED) is 0.673. The molecule has 7 nitrogen and oxygen atoms in total. The van der Waals surface area contributed by atoms with E-state index in [1.54, 1.807) is 11.0 Å². The van der Waals surface area contributed by atoms with Crippen molar-refractivity contribution in [1.29, 1.82) is 0 Å². The Balaban J connectivity index is 1.45. The number of nitrogens with zero attached hydrogens (tertiary/aromatic N) is 3. The number of carbonyl (C=O) groups is 1. The topological polar surface area (TPSA) is 73.7 Å². The second-order valence-electron chi connectivity index (χ2n) is 6.24. The minimum absolute atomic E-state index is 0.0440. The summed E-state index contributed by atoms with van der Waals surface area (Å²) in [5.74, 6) is 1.24. The zero-order valence-electron chi connectivity index (χ0n) is 14.8. The number of hydrogen-bond acceptors (Lipinski definition) is 6. The molecular weight excluding hydrogens is 366 g/mol. The maximum atomic E-state index is 12.7. The summed E-state index contributed by atoms with van der Waals surface area (Å²) in [6.07, 6.45) is 1.18. The lowest BCUT2D eigenvalue weighted by Gasteiger charge is -2.31. The molecule has 1 aromatic carbocycles. The van der Waals surface area contributed by atoms with Crippen molar-refractivity contribution in [3.8, 4) is 11.5 Å². The van der Waals surface area contributed by atoms with E-state index in [2.05, 4.69) is 4.98 Å². The number of carbonyl (C=O) groups excluding carboxylic acids is 1. The van der Waals surface area contributed by atoms with Gasteiger partial charge in [-0.2, -0.15) is 0 Å². The zero-order valence-corrected chi connectivity index (χ0v) is 15.6. The summed E-state index contributed by atoms with van der Waals surface area (Å²) in [4.78, 5) is 31.1. The van der Waals surface area contributed by atoms with Gasteiger partial charge >= 0.3 is 0 Å². The highest BCUT2D eigenvalue weighted by Crippen LogP contribution is 2.31. The van der Waals surface area contributed by atoms with Crippen LogP contribution in [0.15, 0.2) is 46.8 Å². The van der Waals surface area contributed by atoms with Crippen molar-refractivity contribution in [3.05, 3.63) is 52.4 Å². The van der Waals surface area contributed by atoms with E-state index in [0.29, 0.717) is 41.4 Å². The van der Waals surface area contributed by atoms with Gasteiger partial charge in [-0.3, -0.25) is 14.2 Å². The predicted molar refractivity (Wildman–Crippen MR) is 102 cm³/mol. The largest absolute Gasteiger partial charge is 0.486 e. The van der Waals surface area contributed by atoms with Gasteiger partial charge in [-0.25, -0.2) is 4.98 Å². The lowest BCUT2D eigenvalue weighted by atomic mass is 10.2. The van der Waals surface area contributed by atoms with Gasteiger partial charge in [0.25, 0.3) is 5.56 Å². The van der Waals surface area contributed by atoms with E-state index in [1.165, 1.54) is 22.2 Å². The molecule has 1 aliphatic heterocycles. The minimum Gasteiger partial charge on any atom is -0.486 e. The molecule has 0 aliphatic carbocycles. The van der Waals surface area contributed by atoms with Gasteiger partial charge in [0, 0.05) is 6.54 Å². The lowest BCUT2D eigenvalue weighted by molar-refractivity contribution is -0.133. The maximum Gasteiger partial charge on any atom is 0.271 e. The summed E-state index contributed by atoms with van der Waals surface area (Å²) in [7, 11) is 0. The lowest BCUT2D eigenvalue weighted by Crippen LogP contribution is -2.45. The first-order chi connectivity index (χ1) is 13.2. The highest BCUT2D eigenvalue weighted by atomic mass is 32.1. The number of para-hydroxylation sites is 2. The van der Waals surface area contributed by atoms with Gasteiger partial charge in [-0.1, -0.05) is 12.1 Å². The number of aromatic nitrogens is 2. The third-order valence-corrected chi connectivity index (χ3v) is 5.36. The van der Waals surface area contributed by atoms with Gasteiger partial charge in [0.1, 0.15) is 17.9 Å². The van der Waals surface area contributed by atoms with Gasteiger partial charge in [0.05, 0.1) is 18.4 Å². The summed E-state index contributed by atoms with van der Waals surface area (Å²) in [5, 5.41) is 1.82. The summed E-state index contributed by atoms with van der Waals surface area (Å²) < 4.78 is 13.6. The van der Waals surface area contributed by atoms with Crippen LogP contribution in [-0.2, 0) is 11.3 Å². The highest BCUT2D eigenvalue weighted by molar-refractivity contribution is 7.17. The molecule has 0 saturated carbocycles. The number of likely N-dealkylation sites (N-methyl/N-ethyl adjacent to an activating group) is 1. The van der Waals surface area contributed by atoms with Crippen LogP contribution in [0.3, 0.4) is 0 Å². The molecule has 4 rings (SSSR count). The first-order valence-corrected chi connectivity index (χ1v) is 9.62. The van der Waals surface area contributed by atoms with E-state index in [0.717, 1.165) is 0 Å². The van der Waals surface area contributed by atoms with Crippen LogP contribution in [-0.4, -0.2) is 46.2 Å². The van der Waals surface area contributed by atoms with Gasteiger partial charge in [-0.15, -0.1) is 11.3 Å². The fourth-order valence-electron chi connectivity index (χ4n) is 3.04. The molecule has 0 spiro atoms. The molecule has 1 atom stereocenters. The summed E-state index contributed by atoms with van der Waals surface area (Å²) in [6.45, 7) is 3.15. The van der Waals surface area contributed by atoms with Crippen molar-refractivity contribution < 1.29 is 14.3 Å². The maximum absolute atomic E-state index is 12.7. The van der Waals surface area contributed by atoms with Crippen LogP contribution in [0.2, 0.25) is 0 Å². The van der Waals surface area contributed by atoms with E-state index in [4.69, 9.17) is 9.47 Å². The molecular formula is C19H19N3O4S. The fourth-order valence-corrected chi connectivity index (χ4v) is 3.84. The first kappa shape index (κ1) is 17.5. The molecule has 3 aromatic rings. The predicted octanol–water partition coefficient (Wildman–Crippen LogP) is 2.15. The molecule has 1 amide bonds. The summed E-state index contributed by atoms with van der Waals surface area (Å²) >= 11 is 1.33. The van der Waals surface area contributed by atoms with E-state index in [9.17, 15) is 9.59 Å². The minimum atomic E-state index is -0.251. The van der Waals surface area contributed by atoms with E-state index >= 15 is 0 Å². The van der Waals surface area contributed by atoms with Crippen molar-refractivity contribution in [2.75, 3.05) is 19.7 Å². The Morgan fingerprint density at radius 1 is 1.33 bits per heavy atom. The molecule has 0 radical (unpaired) electrons. The van der Waals surface area contributed by atoms with Crippen LogP contribution >= 0.6 is 11.3 Å². The number of fused-ring (bicyclic) bond motifs is 2. The number of hydrogen-bond donors (Lipinski definition) is 0. The van der Waals surface area contributed by atoms with Crippen LogP contribution in [0.1, 0.15) is 6.92 Å². The smallest absolute Gasteiger partial charge is 0.271 e. The average molecular weight is 385 g/mol. The molecule has 8 heteroatoms. The summed E-state index contributed by atoms with van der Waals surface area (Å²) in [5.41, 5.74) is 0.470. The molecule has 1 aliphatic rings. The number of thiophene rings is 1. The van der Waals surface area contributed by atoms with Crippen molar-refractivity contribution in [3.63, 3.8) is 0 Å². The Labute approximate surface area is 159 Å². The second-order valence-corrected chi connectivity index (χ2v) is 7.16. The monoisotopic (exact) mass is 385 g/mol. The van der Waals surface area contributed by atoms with E-state index < -0.39 is 0 Å². The van der Waals surface area contributed by atoms with Crippen LogP contribution in [0.4, 0.5) is 0 Å². The Bertz CT molecular complexity index is 1030. The molecule has 3 heterocycles. The van der Waals surface area contributed by atoms with Crippen molar-refractivity contribution in [2.24, 2.45) is 0 Å². The standard InChI is InChI=1S/C19H19N3O4S/c1-2-21(9-13-11-25-15-5-3-4-6-16(15)26-13)17(23)10-22-12-20-14-7-8-27-18(14)19(22)24/h3-8,12-13H,2,9-11H2,1H3. The number of rotatable bonds is 5. The van der Waals surface area contributed by atoms with Crippen LogP contribution in [0.25, 0.3) is 10.2 Å². The Kier molecular flexibility index (Phi) is 4.81. The van der Waals surface area contributed by atoms with Crippen LogP contribution in [0.5, 0.6) is 11.5 Å². The summed E-state index contributed by atoms with van der Waals surface area (Å²) in [6, 6.07) is 9.27. The van der Waals surface area contributed by atoms with Crippen molar-refractivity contribution in [1.82, 2.24) is 14.5 Å². The zero-order chi connectivity index (χ0) is 18.8. The highest BCUT2D eigenvalue weighted by Gasteiger charge is 2.25. The van der Waals surface area contributed by atoms with E-state index in [1.807, 2.05) is 36.6 Å². The van der Waals surface area contributed by atoms with Gasteiger partial charge in [0.15, 0.2) is 17.6 Å². The Morgan fingerprint density at radius 2 is 2.15 bits per heavy atom. The number of benzene rings is 1. The third-order valence-electron chi connectivity index (χ3n) is 4.47. The van der Waals surface area contributed by atoms with Crippen LogP contribution < -0.4 is 15.0 Å². The van der Waals surface area contributed by atoms with Gasteiger partial charge in [-0.05, 0) is 30.5 Å². The van der Waals surface area contributed by atoms with Crippen molar-refractivity contribution in [2.45, 2.75) is 19.6 Å². The third kappa shape index (κ3) is 3.52. The molecule has 0 bridgehead atoms. The van der Waals surface area contributed by atoms with Gasteiger partial charge < -0.3 is 14.4 Å². The van der Waals surface area contributed by atoms with E-state index in [-0.39, 0.29) is 24.1 Å². The van der Waals surface area contributed by atoms with Crippen molar-refractivity contribution >= 4 is 27.5 Å². The molecule has 2 aromatic heterocycles. The molecule has 0 N–H and O–H groups in total. The SMILES string of the molecule is CCN(CC1COc2ccccc2O1)C(=O)Cn1cnc2ccsc2c1=O.